The van der Waals surface area contributed by atoms with Gasteiger partial charge in [0.05, 0.1) is 11.9 Å². The molecule has 5 heteroatoms. The molecule has 1 aliphatic heterocycles. The van der Waals surface area contributed by atoms with Crippen molar-refractivity contribution in [2.75, 3.05) is 13.1 Å². The first-order chi connectivity index (χ1) is 13.3. The second kappa shape index (κ2) is 8.18. The van der Waals surface area contributed by atoms with E-state index < -0.39 is 0 Å². The Balaban J connectivity index is 1.49. The van der Waals surface area contributed by atoms with E-state index in [-0.39, 0.29) is 11.9 Å². The van der Waals surface area contributed by atoms with Gasteiger partial charge in [-0.15, -0.1) is 0 Å². The lowest BCUT2D eigenvalue weighted by molar-refractivity contribution is -0.132. The lowest BCUT2D eigenvalue weighted by Gasteiger charge is -2.24. The minimum atomic E-state index is -0.329. The number of carbonyl (C=O) groups excluding carboxylic acids is 1. The zero-order valence-electron chi connectivity index (χ0n) is 15.3. The largest absolute Gasteiger partial charge is 0.341 e. The first-order valence-corrected chi connectivity index (χ1v) is 9.47. The molecule has 2 aromatic carbocycles. The molecule has 1 aliphatic rings. The Labute approximate surface area is 159 Å². The average molecular weight is 360 g/mol. The van der Waals surface area contributed by atoms with Gasteiger partial charge in [-0.1, -0.05) is 48.5 Å². The fourth-order valence-electron chi connectivity index (χ4n) is 3.51. The lowest BCUT2D eigenvalue weighted by atomic mass is 10.1. The van der Waals surface area contributed by atoms with Crippen molar-refractivity contribution >= 4 is 5.91 Å². The quantitative estimate of drug-likeness (QED) is 0.734. The van der Waals surface area contributed by atoms with Crippen LogP contribution in [0, 0.1) is 0 Å². The average Bonchev–Trinajstić information content (AvgIpc) is 3.42. The van der Waals surface area contributed by atoms with Crippen molar-refractivity contribution in [3.05, 3.63) is 84.2 Å². The van der Waals surface area contributed by atoms with Crippen LogP contribution in [0.4, 0.5) is 0 Å². The van der Waals surface area contributed by atoms with E-state index >= 15 is 0 Å². The molecule has 2 heterocycles. The van der Waals surface area contributed by atoms with Gasteiger partial charge in [0.25, 0.3) is 0 Å². The number of nitrogens with zero attached hydrogens (tertiary/aromatic N) is 3. The Kier molecular flexibility index (Phi) is 5.30. The normalized spacial score (nSPS) is 15.0. The molecule has 0 radical (unpaired) electrons. The number of nitrogens with one attached hydrogen (secondary N) is 1. The highest BCUT2D eigenvalue weighted by Gasteiger charge is 2.27. The summed E-state index contributed by atoms with van der Waals surface area (Å²) >= 11 is 0. The predicted octanol–water partition coefficient (Wildman–Crippen LogP) is 3.33. The van der Waals surface area contributed by atoms with Gasteiger partial charge < -0.3 is 4.90 Å². The van der Waals surface area contributed by atoms with E-state index in [1.165, 1.54) is 0 Å². The summed E-state index contributed by atoms with van der Waals surface area (Å²) in [4.78, 5) is 15.0. The molecule has 1 saturated heterocycles. The molecule has 4 rings (SSSR count). The van der Waals surface area contributed by atoms with Gasteiger partial charge in [0.2, 0.25) is 5.91 Å². The van der Waals surface area contributed by atoms with Crippen LogP contribution < -0.4 is 5.32 Å². The predicted molar refractivity (Wildman–Crippen MR) is 105 cm³/mol. The zero-order valence-corrected chi connectivity index (χ0v) is 15.3. The van der Waals surface area contributed by atoms with Crippen molar-refractivity contribution in [1.29, 1.82) is 0 Å². The van der Waals surface area contributed by atoms with Gasteiger partial charge in [0.15, 0.2) is 0 Å². The summed E-state index contributed by atoms with van der Waals surface area (Å²) in [6.07, 6.45) is 6.04. The van der Waals surface area contributed by atoms with E-state index in [2.05, 4.69) is 10.4 Å². The molecule has 1 N–H and O–H groups in total. The van der Waals surface area contributed by atoms with Crippen molar-refractivity contribution < 1.29 is 4.79 Å². The molecule has 1 atom stereocenters. The number of likely N-dealkylation sites (tertiary alicyclic amines) is 1. The summed E-state index contributed by atoms with van der Waals surface area (Å²) in [7, 11) is 0. The van der Waals surface area contributed by atoms with Crippen LogP contribution in [0.1, 0.15) is 30.0 Å². The highest BCUT2D eigenvalue weighted by Crippen LogP contribution is 2.20. The first kappa shape index (κ1) is 17.5. The Morgan fingerprint density at radius 3 is 2.37 bits per heavy atom. The van der Waals surface area contributed by atoms with Gasteiger partial charge in [-0.05, 0) is 30.5 Å². The molecule has 1 amide bonds. The molecule has 0 bridgehead atoms. The van der Waals surface area contributed by atoms with Crippen LogP contribution in [0.3, 0.4) is 0 Å². The van der Waals surface area contributed by atoms with Crippen molar-refractivity contribution in [3.8, 4) is 5.69 Å². The number of hydrogen-bond donors (Lipinski definition) is 1. The van der Waals surface area contributed by atoms with Crippen LogP contribution in [0.2, 0.25) is 0 Å². The second-order valence-corrected chi connectivity index (χ2v) is 6.89. The summed E-state index contributed by atoms with van der Waals surface area (Å²) in [5.41, 5.74) is 3.08. The van der Waals surface area contributed by atoms with Crippen LogP contribution in [0.5, 0.6) is 0 Å². The summed E-state index contributed by atoms with van der Waals surface area (Å²) < 4.78 is 1.86. The maximum Gasteiger partial charge on any atom is 0.244 e. The van der Waals surface area contributed by atoms with E-state index in [0.717, 1.165) is 42.7 Å². The molecule has 138 valence electrons. The maximum absolute atomic E-state index is 13.0. The number of carbonyl (C=O) groups is 1. The zero-order chi connectivity index (χ0) is 18.5. The smallest absolute Gasteiger partial charge is 0.244 e. The molecular formula is C22H24N4O. The number of rotatable bonds is 6. The number of amides is 1. The third-order valence-corrected chi connectivity index (χ3v) is 4.96. The highest BCUT2D eigenvalue weighted by molar-refractivity contribution is 5.83. The van der Waals surface area contributed by atoms with E-state index in [4.69, 9.17) is 0 Å². The Morgan fingerprint density at radius 2 is 1.67 bits per heavy atom. The third-order valence-electron chi connectivity index (χ3n) is 4.96. The molecule has 0 saturated carbocycles. The summed E-state index contributed by atoms with van der Waals surface area (Å²) in [6, 6.07) is 19.7. The number of aromatic nitrogens is 2. The van der Waals surface area contributed by atoms with Gasteiger partial charge in [0, 0.05) is 31.4 Å². The minimum Gasteiger partial charge on any atom is -0.341 e. The molecule has 0 aliphatic carbocycles. The molecule has 5 nitrogen and oxygen atoms in total. The van der Waals surface area contributed by atoms with Gasteiger partial charge in [0.1, 0.15) is 6.04 Å². The topological polar surface area (TPSA) is 50.2 Å². The van der Waals surface area contributed by atoms with Crippen molar-refractivity contribution in [2.45, 2.75) is 25.4 Å². The van der Waals surface area contributed by atoms with Crippen LogP contribution >= 0.6 is 0 Å². The van der Waals surface area contributed by atoms with Gasteiger partial charge in [-0.3, -0.25) is 10.1 Å². The fraction of sp³-hybridized carbons (Fsp3) is 0.273. The third kappa shape index (κ3) is 4.09. The Bertz CT molecular complexity index is 870. The molecule has 3 aromatic rings. The molecular weight excluding hydrogens is 336 g/mol. The highest BCUT2D eigenvalue weighted by atomic mass is 16.2. The summed E-state index contributed by atoms with van der Waals surface area (Å²) in [6.45, 7) is 2.30. The number of hydrogen-bond acceptors (Lipinski definition) is 3. The van der Waals surface area contributed by atoms with Gasteiger partial charge >= 0.3 is 0 Å². The van der Waals surface area contributed by atoms with Crippen molar-refractivity contribution in [3.63, 3.8) is 0 Å². The number of para-hydroxylation sites is 1. The van der Waals surface area contributed by atoms with E-state index in [1.807, 2.05) is 82.6 Å². The standard InChI is InChI=1S/C22H24N4O/c27-22(25-13-7-8-14-25)21(19-9-3-1-4-10-19)23-15-18-16-24-26(17-18)20-11-5-2-6-12-20/h1-6,9-12,16-17,21,23H,7-8,13-15H2. The SMILES string of the molecule is O=C(C(NCc1cnn(-c2ccccc2)c1)c1ccccc1)N1CCCC1. The molecule has 27 heavy (non-hydrogen) atoms. The first-order valence-electron chi connectivity index (χ1n) is 9.47. The molecule has 1 fully saturated rings. The molecule has 1 aromatic heterocycles. The van der Waals surface area contributed by atoms with Gasteiger partial charge in [-0.2, -0.15) is 5.10 Å². The molecule has 1 unspecified atom stereocenters. The van der Waals surface area contributed by atoms with Crippen LogP contribution in [-0.2, 0) is 11.3 Å². The molecule has 0 spiro atoms. The number of benzene rings is 2. The van der Waals surface area contributed by atoms with Crippen molar-refractivity contribution in [2.24, 2.45) is 0 Å². The van der Waals surface area contributed by atoms with Crippen LogP contribution in [0.25, 0.3) is 5.69 Å². The minimum absolute atomic E-state index is 0.161. The fourth-order valence-corrected chi connectivity index (χ4v) is 3.51. The maximum atomic E-state index is 13.0. The lowest BCUT2D eigenvalue weighted by Crippen LogP contribution is -2.39. The van der Waals surface area contributed by atoms with Crippen LogP contribution in [-0.4, -0.2) is 33.7 Å². The Hall–Kier alpha value is -2.92. The van der Waals surface area contributed by atoms with E-state index in [9.17, 15) is 4.79 Å². The van der Waals surface area contributed by atoms with Gasteiger partial charge in [-0.25, -0.2) is 4.68 Å². The van der Waals surface area contributed by atoms with Crippen LogP contribution in [0.15, 0.2) is 73.1 Å². The van der Waals surface area contributed by atoms with Crippen molar-refractivity contribution in [1.82, 2.24) is 20.0 Å². The summed E-state index contributed by atoms with van der Waals surface area (Å²) in [5, 5.41) is 7.89. The van der Waals surface area contributed by atoms with E-state index in [1.54, 1.807) is 0 Å². The monoisotopic (exact) mass is 360 g/mol. The Morgan fingerprint density at radius 1 is 1.00 bits per heavy atom. The summed E-state index contributed by atoms with van der Waals surface area (Å²) in [5.74, 6) is 0.161. The second-order valence-electron chi connectivity index (χ2n) is 6.89. The van der Waals surface area contributed by atoms with E-state index in [0.29, 0.717) is 6.54 Å².